The zero-order chi connectivity index (χ0) is 12.6. The molecule has 1 fully saturated rings. The van der Waals surface area contributed by atoms with Gasteiger partial charge in [0.25, 0.3) is 0 Å². The maximum Gasteiger partial charge on any atom is 0.142 e. The monoisotopic (exact) mass is 257 g/mol. The molecule has 0 aromatic heterocycles. The molecule has 94 valence electrons. The Balaban J connectivity index is 2.65. The molecule has 1 saturated carbocycles. The van der Waals surface area contributed by atoms with Crippen LogP contribution in [-0.2, 0) is 5.41 Å². The molecule has 2 rings (SSSR count). The smallest absolute Gasteiger partial charge is 0.142 e. The fraction of sp³-hybridized carbons (Fsp3) is 0.538. The lowest BCUT2D eigenvalue weighted by atomic mass is 9.64. The number of hydrogen-bond donors (Lipinski definition) is 1. The van der Waals surface area contributed by atoms with Gasteiger partial charge < -0.3 is 10.5 Å². The zero-order valence-electron chi connectivity index (χ0n) is 10.1. The van der Waals surface area contributed by atoms with Crippen molar-refractivity contribution < 1.29 is 9.13 Å². The minimum atomic E-state index is -0.389. The topological polar surface area (TPSA) is 35.2 Å². The van der Waals surface area contributed by atoms with Gasteiger partial charge in [0.1, 0.15) is 11.6 Å². The number of methoxy groups -OCH3 is 1. The SMILES string of the molecule is COc1c(C)cc(F)c(Cl)c1C1(CN)CCC1. The van der Waals surface area contributed by atoms with Crippen LogP contribution in [0.4, 0.5) is 4.39 Å². The van der Waals surface area contributed by atoms with Crippen LogP contribution in [0.5, 0.6) is 5.75 Å². The van der Waals surface area contributed by atoms with Crippen LogP contribution in [0.15, 0.2) is 6.07 Å². The van der Waals surface area contributed by atoms with E-state index in [1.54, 1.807) is 7.11 Å². The predicted molar refractivity (Wildman–Crippen MR) is 67.3 cm³/mol. The van der Waals surface area contributed by atoms with Crippen molar-refractivity contribution in [2.75, 3.05) is 13.7 Å². The molecule has 4 heteroatoms. The Hall–Kier alpha value is -0.800. The standard InChI is InChI=1S/C13H17ClFNO/c1-8-6-9(15)11(14)10(12(8)17-2)13(7-16)4-3-5-13/h6H,3-5,7,16H2,1-2H3. The van der Waals surface area contributed by atoms with E-state index in [1.807, 2.05) is 6.92 Å². The summed E-state index contributed by atoms with van der Waals surface area (Å²) >= 11 is 6.11. The highest BCUT2D eigenvalue weighted by molar-refractivity contribution is 6.32. The van der Waals surface area contributed by atoms with Gasteiger partial charge in [0.2, 0.25) is 0 Å². The highest BCUT2D eigenvalue weighted by Gasteiger charge is 2.42. The average molecular weight is 258 g/mol. The zero-order valence-corrected chi connectivity index (χ0v) is 10.9. The second-order valence-corrected chi connectivity index (χ2v) is 5.11. The van der Waals surface area contributed by atoms with Gasteiger partial charge in [-0.25, -0.2) is 4.39 Å². The van der Waals surface area contributed by atoms with Crippen molar-refractivity contribution in [2.45, 2.75) is 31.6 Å². The molecule has 0 spiro atoms. The van der Waals surface area contributed by atoms with Gasteiger partial charge in [-0.1, -0.05) is 18.0 Å². The van der Waals surface area contributed by atoms with Crippen molar-refractivity contribution in [1.29, 1.82) is 0 Å². The number of rotatable bonds is 3. The van der Waals surface area contributed by atoms with Crippen LogP contribution in [-0.4, -0.2) is 13.7 Å². The second-order valence-electron chi connectivity index (χ2n) is 4.74. The maximum absolute atomic E-state index is 13.8. The molecule has 0 amide bonds. The summed E-state index contributed by atoms with van der Waals surface area (Å²) in [6.45, 7) is 2.30. The summed E-state index contributed by atoms with van der Waals surface area (Å²) in [7, 11) is 1.59. The number of nitrogens with two attached hydrogens (primary N) is 1. The van der Waals surface area contributed by atoms with Crippen molar-refractivity contribution in [3.8, 4) is 5.75 Å². The molecule has 1 aliphatic rings. The number of aryl methyl sites for hydroxylation is 1. The van der Waals surface area contributed by atoms with E-state index in [0.717, 1.165) is 30.4 Å². The van der Waals surface area contributed by atoms with E-state index >= 15 is 0 Å². The second kappa shape index (κ2) is 4.46. The van der Waals surface area contributed by atoms with Gasteiger partial charge in [0.05, 0.1) is 12.1 Å². The molecular weight excluding hydrogens is 241 g/mol. The first-order valence-corrected chi connectivity index (χ1v) is 6.16. The fourth-order valence-corrected chi connectivity index (χ4v) is 2.97. The molecule has 2 nitrogen and oxygen atoms in total. The summed E-state index contributed by atoms with van der Waals surface area (Å²) in [6.07, 6.45) is 3.00. The van der Waals surface area contributed by atoms with Crippen LogP contribution in [0.25, 0.3) is 0 Å². The van der Waals surface area contributed by atoms with Gasteiger partial charge in [0.15, 0.2) is 0 Å². The van der Waals surface area contributed by atoms with Crippen LogP contribution >= 0.6 is 11.6 Å². The Kier molecular flexibility index (Phi) is 3.32. The van der Waals surface area contributed by atoms with Crippen molar-refractivity contribution in [3.05, 3.63) is 28.0 Å². The third kappa shape index (κ3) is 1.81. The Bertz CT molecular complexity index is 438. The van der Waals surface area contributed by atoms with Gasteiger partial charge in [-0.2, -0.15) is 0 Å². The Morgan fingerprint density at radius 3 is 2.59 bits per heavy atom. The van der Waals surface area contributed by atoms with Gasteiger partial charge in [-0.15, -0.1) is 0 Å². The first kappa shape index (κ1) is 12.7. The van der Waals surface area contributed by atoms with Crippen LogP contribution in [0.1, 0.15) is 30.4 Å². The van der Waals surface area contributed by atoms with E-state index in [0.29, 0.717) is 12.3 Å². The average Bonchev–Trinajstić information content (AvgIpc) is 2.24. The Morgan fingerprint density at radius 1 is 1.53 bits per heavy atom. The molecule has 1 aromatic carbocycles. The van der Waals surface area contributed by atoms with Crippen molar-refractivity contribution in [2.24, 2.45) is 5.73 Å². The summed E-state index contributed by atoms with van der Waals surface area (Å²) in [5.74, 6) is 0.293. The van der Waals surface area contributed by atoms with Crippen LogP contribution in [0.3, 0.4) is 0 Å². The molecule has 2 N–H and O–H groups in total. The quantitative estimate of drug-likeness (QED) is 0.903. The third-order valence-electron chi connectivity index (χ3n) is 3.79. The minimum Gasteiger partial charge on any atom is -0.496 e. The Labute approximate surface area is 106 Å². The Morgan fingerprint density at radius 2 is 2.18 bits per heavy atom. The van der Waals surface area contributed by atoms with Gasteiger partial charge in [-0.05, 0) is 31.4 Å². The van der Waals surface area contributed by atoms with Crippen molar-refractivity contribution >= 4 is 11.6 Å². The van der Waals surface area contributed by atoms with Crippen LogP contribution in [0, 0.1) is 12.7 Å². The lowest BCUT2D eigenvalue weighted by Gasteiger charge is -2.43. The van der Waals surface area contributed by atoms with E-state index < -0.39 is 0 Å². The largest absolute Gasteiger partial charge is 0.496 e. The van der Waals surface area contributed by atoms with E-state index in [1.165, 1.54) is 6.07 Å². The molecule has 0 radical (unpaired) electrons. The first-order chi connectivity index (χ1) is 8.05. The molecule has 0 saturated heterocycles. The van der Waals surface area contributed by atoms with Crippen molar-refractivity contribution in [3.63, 3.8) is 0 Å². The molecule has 1 aliphatic carbocycles. The van der Waals surface area contributed by atoms with Gasteiger partial charge >= 0.3 is 0 Å². The fourth-order valence-electron chi connectivity index (χ4n) is 2.63. The molecule has 0 aliphatic heterocycles. The molecule has 0 unspecified atom stereocenters. The highest BCUT2D eigenvalue weighted by Crippen LogP contribution is 2.50. The number of halogens is 2. The van der Waals surface area contributed by atoms with Crippen LogP contribution in [0.2, 0.25) is 5.02 Å². The molecule has 0 heterocycles. The number of benzene rings is 1. The maximum atomic E-state index is 13.8. The normalized spacial score (nSPS) is 17.7. The lowest BCUT2D eigenvalue weighted by molar-refractivity contribution is 0.242. The third-order valence-corrected chi connectivity index (χ3v) is 4.16. The van der Waals surface area contributed by atoms with E-state index in [4.69, 9.17) is 22.1 Å². The predicted octanol–water partition coefficient (Wildman–Crippen LogP) is 3.18. The number of ether oxygens (including phenoxy) is 1. The van der Waals surface area contributed by atoms with Crippen molar-refractivity contribution in [1.82, 2.24) is 0 Å². The molecule has 17 heavy (non-hydrogen) atoms. The summed E-state index contributed by atoms with van der Waals surface area (Å²) in [6, 6.07) is 1.41. The van der Waals surface area contributed by atoms with Crippen LogP contribution < -0.4 is 10.5 Å². The minimum absolute atomic E-state index is 0.164. The summed E-state index contributed by atoms with van der Waals surface area (Å²) < 4.78 is 19.1. The van der Waals surface area contributed by atoms with E-state index in [9.17, 15) is 4.39 Å². The molecule has 0 atom stereocenters. The summed E-state index contributed by atoms with van der Waals surface area (Å²) in [5, 5.41) is 0.164. The van der Waals surface area contributed by atoms with E-state index in [2.05, 4.69) is 0 Å². The highest BCUT2D eigenvalue weighted by atomic mass is 35.5. The summed E-state index contributed by atoms with van der Waals surface area (Å²) in [5.41, 5.74) is 7.18. The van der Waals surface area contributed by atoms with E-state index in [-0.39, 0.29) is 16.3 Å². The van der Waals surface area contributed by atoms with Gasteiger partial charge in [-0.3, -0.25) is 0 Å². The van der Waals surface area contributed by atoms with Gasteiger partial charge in [0, 0.05) is 17.5 Å². The number of hydrogen-bond acceptors (Lipinski definition) is 2. The summed E-state index contributed by atoms with van der Waals surface area (Å²) in [4.78, 5) is 0. The molecule has 0 bridgehead atoms. The lowest BCUT2D eigenvalue weighted by Crippen LogP contribution is -2.42. The first-order valence-electron chi connectivity index (χ1n) is 5.79. The molecule has 1 aromatic rings. The molecular formula is C13H17ClFNO.